The summed E-state index contributed by atoms with van der Waals surface area (Å²) in [6, 6.07) is -3.07. The van der Waals surface area contributed by atoms with Gasteiger partial charge in [0, 0.05) is 6.54 Å². The van der Waals surface area contributed by atoms with E-state index in [0.29, 0.717) is 19.4 Å². The molecule has 3 atom stereocenters. The summed E-state index contributed by atoms with van der Waals surface area (Å²) in [7, 11) is 0. The first kappa shape index (κ1) is 28.3. The van der Waals surface area contributed by atoms with Crippen LogP contribution in [0, 0.1) is 0 Å². The fourth-order valence-electron chi connectivity index (χ4n) is 0.799. The van der Waals surface area contributed by atoms with Gasteiger partial charge >= 0.3 is 17.9 Å². The number of hydrogen-bond acceptors (Lipinski definition) is 9. The lowest BCUT2D eigenvalue weighted by atomic mass is 10.2. The highest BCUT2D eigenvalue weighted by Crippen LogP contribution is 1.94. The Labute approximate surface area is 149 Å². The molecule has 0 radical (unpaired) electrons. The van der Waals surface area contributed by atoms with Gasteiger partial charge in [0.2, 0.25) is 0 Å². The Kier molecular flexibility index (Phi) is 18.8. The fraction of sp³-hybridized carbons (Fsp3) is 0.667. The molecule has 14 nitrogen and oxygen atoms in total. The third-order valence-corrected chi connectivity index (χ3v) is 2.31. The number of rotatable bonds is 9. The maximum atomic E-state index is 10.2. The van der Waals surface area contributed by atoms with Gasteiger partial charge in [-0.05, 0) is 12.8 Å². The van der Waals surface area contributed by atoms with Crippen molar-refractivity contribution in [3.05, 3.63) is 0 Å². The molecule has 0 aliphatic rings. The smallest absolute Gasteiger partial charge is 0.322 e. The Morgan fingerprint density at radius 2 is 1.12 bits per heavy atom. The highest BCUT2D eigenvalue weighted by atomic mass is 16.4. The number of carboxylic acid groups (broad SMARTS) is 3. The van der Waals surface area contributed by atoms with Crippen LogP contribution in [-0.2, 0) is 14.4 Å². The minimum atomic E-state index is -1.18. The Hall–Kier alpha value is -2.52. The van der Waals surface area contributed by atoms with Crippen LogP contribution in [0.15, 0.2) is 4.99 Å². The number of aliphatic carboxylic acids is 3. The maximum Gasteiger partial charge on any atom is 0.322 e. The van der Waals surface area contributed by atoms with Gasteiger partial charge < -0.3 is 54.2 Å². The molecule has 0 unspecified atom stereocenters. The van der Waals surface area contributed by atoms with Gasteiger partial charge in [-0.25, -0.2) is 0 Å². The molecule has 0 bridgehead atoms. The van der Waals surface area contributed by atoms with E-state index in [1.807, 2.05) is 0 Å². The van der Waals surface area contributed by atoms with E-state index in [-0.39, 0.29) is 5.96 Å². The van der Waals surface area contributed by atoms with Crippen molar-refractivity contribution in [3.63, 3.8) is 0 Å². The predicted octanol–water partition coefficient (Wildman–Crippen LogP) is -4.77. The lowest BCUT2D eigenvalue weighted by Crippen LogP contribution is -2.33. The van der Waals surface area contributed by atoms with Gasteiger partial charge in [0.05, 0.1) is 13.2 Å². The summed E-state index contributed by atoms with van der Waals surface area (Å²) < 4.78 is 0. The number of guanidine groups is 1. The SMILES string of the molecule is NC(N)=NCCC[C@H](N)C(=O)O.N[C@@H](CO)C(=O)O.N[C@@H](CO)C(=O)O. The van der Waals surface area contributed by atoms with Gasteiger partial charge in [-0.15, -0.1) is 0 Å². The number of hydrogen-bond donors (Lipinski definition) is 10. The fourth-order valence-corrected chi connectivity index (χ4v) is 0.799. The number of aliphatic imine (C=N–C) groups is 1. The van der Waals surface area contributed by atoms with Crippen molar-refractivity contribution in [2.24, 2.45) is 33.7 Å². The van der Waals surface area contributed by atoms with Gasteiger partial charge in [-0.3, -0.25) is 19.4 Å². The number of nitrogens with two attached hydrogens (primary N) is 5. The number of carbonyl (C=O) groups is 3. The molecule has 0 aromatic rings. The summed E-state index contributed by atoms with van der Waals surface area (Å²) in [5, 5.41) is 40.2. The van der Waals surface area contributed by atoms with Gasteiger partial charge in [0.15, 0.2) is 5.96 Å². The molecule has 0 aromatic heterocycles. The van der Waals surface area contributed by atoms with Crippen LogP contribution in [-0.4, -0.2) is 87.3 Å². The molecule has 15 N–H and O–H groups in total. The molecule has 0 saturated carbocycles. The average Bonchev–Trinajstić information content (AvgIpc) is 2.57. The molecule has 0 aliphatic heterocycles. The first-order chi connectivity index (χ1) is 11.9. The van der Waals surface area contributed by atoms with Crippen LogP contribution in [0.2, 0.25) is 0 Å². The van der Waals surface area contributed by atoms with E-state index in [1.165, 1.54) is 0 Å². The number of carboxylic acids is 3. The highest BCUT2D eigenvalue weighted by Gasteiger charge is 2.09. The van der Waals surface area contributed by atoms with Crippen LogP contribution >= 0.6 is 0 Å². The molecule has 154 valence electrons. The van der Waals surface area contributed by atoms with Crippen molar-refractivity contribution in [1.82, 2.24) is 0 Å². The minimum absolute atomic E-state index is 0.0129. The second-order valence-electron chi connectivity index (χ2n) is 4.65. The maximum absolute atomic E-state index is 10.2. The molecule has 0 spiro atoms. The van der Waals surface area contributed by atoms with Crippen LogP contribution < -0.4 is 28.7 Å². The Balaban J connectivity index is -0.000000326. The zero-order chi connectivity index (χ0) is 21.3. The third kappa shape index (κ3) is 21.5. The van der Waals surface area contributed by atoms with Crippen molar-refractivity contribution in [3.8, 4) is 0 Å². The summed E-state index contributed by atoms with van der Waals surface area (Å²) in [5.41, 5.74) is 24.9. The second kappa shape index (κ2) is 17.3. The summed E-state index contributed by atoms with van der Waals surface area (Å²) in [6.07, 6.45) is 0.956. The number of aliphatic hydroxyl groups is 2. The molecule has 0 amide bonds. The zero-order valence-corrected chi connectivity index (χ0v) is 14.1. The Bertz CT molecular complexity index is 423. The van der Waals surface area contributed by atoms with E-state index in [1.54, 1.807) is 0 Å². The van der Waals surface area contributed by atoms with E-state index in [0.717, 1.165) is 0 Å². The monoisotopic (exact) mass is 384 g/mol. The van der Waals surface area contributed by atoms with Gasteiger partial charge in [0.25, 0.3) is 0 Å². The minimum Gasteiger partial charge on any atom is -0.480 e. The van der Waals surface area contributed by atoms with Crippen LogP contribution in [0.3, 0.4) is 0 Å². The summed E-state index contributed by atoms with van der Waals surface area (Å²) >= 11 is 0. The zero-order valence-electron chi connectivity index (χ0n) is 14.1. The van der Waals surface area contributed by atoms with Crippen LogP contribution in [0.1, 0.15) is 12.8 Å². The van der Waals surface area contributed by atoms with E-state index < -0.39 is 49.2 Å². The molecule has 0 fully saturated rings. The largest absolute Gasteiger partial charge is 0.480 e. The number of aliphatic hydroxyl groups excluding tert-OH is 2. The summed E-state index contributed by atoms with van der Waals surface area (Å²) in [6.45, 7) is -0.589. The second-order valence-corrected chi connectivity index (χ2v) is 4.65. The average molecular weight is 384 g/mol. The molecule has 0 heterocycles. The molecule has 0 saturated heterocycles. The molecule has 26 heavy (non-hydrogen) atoms. The van der Waals surface area contributed by atoms with E-state index >= 15 is 0 Å². The third-order valence-electron chi connectivity index (χ3n) is 2.31. The van der Waals surface area contributed by atoms with Crippen LogP contribution in [0.25, 0.3) is 0 Å². The van der Waals surface area contributed by atoms with Gasteiger partial charge in [-0.1, -0.05) is 0 Å². The Morgan fingerprint density at radius 1 is 0.769 bits per heavy atom. The molecule has 14 heteroatoms. The van der Waals surface area contributed by atoms with E-state index in [9.17, 15) is 14.4 Å². The lowest BCUT2D eigenvalue weighted by Gasteiger charge is -2.03. The van der Waals surface area contributed by atoms with Crippen molar-refractivity contribution < 1.29 is 39.9 Å². The van der Waals surface area contributed by atoms with Crippen LogP contribution in [0.5, 0.6) is 0 Å². The van der Waals surface area contributed by atoms with Crippen molar-refractivity contribution in [2.45, 2.75) is 31.0 Å². The summed E-state index contributed by atoms with van der Waals surface area (Å²) in [5.74, 6) is -3.34. The van der Waals surface area contributed by atoms with E-state index in [2.05, 4.69) is 4.99 Å². The van der Waals surface area contributed by atoms with Gasteiger partial charge in [-0.2, -0.15) is 0 Å². The standard InChI is InChI=1S/C6H14N4O2.2C3H7NO3/c7-4(5(11)12)2-1-3-10-6(8)9;2*4-2(1-5)3(6)7/h4H,1-3,7H2,(H,11,12)(H4,8,9,10);2*2,5H,1,4H2,(H,6,7)/t4-;2*2-/m000/s1. The first-order valence-corrected chi connectivity index (χ1v) is 7.12. The summed E-state index contributed by atoms with van der Waals surface area (Å²) in [4.78, 5) is 33.2. The quantitative estimate of drug-likeness (QED) is 0.101. The van der Waals surface area contributed by atoms with E-state index in [4.69, 9.17) is 54.2 Å². The van der Waals surface area contributed by atoms with Gasteiger partial charge in [0.1, 0.15) is 18.1 Å². The first-order valence-electron chi connectivity index (χ1n) is 7.12. The number of nitrogens with zero attached hydrogens (tertiary/aromatic N) is 1. The normalized spacial score (nSPS) is 12.8. The topological polar surface area (TPSA) is 295 Å². The molecule has 0 rings (SSSR count). The van der Waals surface area contributed by atoms with Crippen molar-refractivity contribution in [2.75, 3.05) is 19.8 Å². The van der Waals surface area contributed by atoms with Crippen LogP contribution in [0.4, 0.5) is 0 Å². The lowest BCUT2D eigenvalue weighted by molar-refractivity contribution is -0.140. The predicted molar refractivity (Wildman–Crippen MR) is 90.9 cm³/mol. The molecular weight excluding hydrogens is 356 g/mol. The Morgan fingerprint density at radius 3 is 1.31 bits per heavy atom. The molecule has 0 aromatic carbocycles. The highest BCUT2D eigenvalue weighted by molar-refractivity contribution is 5.75. The van der Waals surface area contributed by atoms with Crippen molar-refractivity contribution in [1.29, 1.82) is 0 Å². The molecule has 0 aliphatic carbocycles. The molecular formula is C12H28N6O8. The van der Waals surface area contributed by atoms with Crippen molar-refractivity contribution >= 4 is 23.9 Å².